The van der Waals surface area contributed by atoms with E-state index in [1.165, 1.54) is 11.1 Å². The number of nitrogens with zero attached hydrogens (tertiary/aromatic N) is 2. The summed E-state index contributed by atoms with van der Waals surface area (Å²) >= 11 is 0. The third kappa shape index (κ3) is 2.45. The van der Waals surface area contributed by atoms with Crippen LogP contribution in [0, 0.1) is 20.8 Å². The van der Waals surface area contributed by atoms with Gasteiger partial charge in [-0.15, -0.1) is 0 Å². The van der Waals surface area contributed by atoms with Gasteiger partial charge in [0, 0.05) is 18.0 Å². The fourth-order valence-electron chi connectivity index (χ4n) is 1.92. The number of ketones is 1. The lowest BCUT2D eigenvalue weighted by Gasteiger charge is -2.09. The van der Waals surface area contributed by atoms with E-state index in [-0.39, 0.29) is 12.2 Å². The molecule has 0 aliphatic heterocycles. The van der Waals surface area contributed by atoms with Crippen molar-refractivity contribution >= 4 is 5.78 Å². The number of aryl methyl sites for hydroxylation is 1. The van der Waals surface area contributed by atoms with Crippen LogP contribution < -0.4 is 0 Å². The smallest absolute Gasteiger partial charge is 0.170 e. The Hall–Kier alpha value is -2.03. The number of Topliss-reactive ketones (excluding diaryl/α,β-unsaturated/α-hetero) is 1. The van der Waals surface area contributed by atoms with Crippen LogP contribution in [-0.2, 0) is 6.42 Å². The zero-order chi connectivity index (χ0) is 13.1. The molecule has 2 aromatic rings. The number of hydrogen-bond acceptors (Lipinski definition) is 3. The molecule has 1 aromatic heterocycles. The minimum absolute atomic E-state index is 0.0711. The fraction of sp³-hybridized carbons (Fsp3) is 0.267. The molecule has 0 bridgehead atoms. The van der Waals surface area contributed by atoms with E-state index < -0.39 is 0 Å². The van der Waals surface area contributed by atoms with Crippen LogP contribution in [-0.4, -0.2) is 15.8 Å². The van der Waals surface area contributed by atoms with Gasteiger partial charge >= 0.3 is 0 Å². The minimum atomic E-state index is 0.0711. The second-order valence-electron chi connectivity index (χ2n) is 4.44. The first-order valence-corrected chi connectivity index (χ1v) is 5.95. The molecule has 0 fully saturated rings. The van der Waals surface area contributed by atoms with E-state index in [1.807, 2.05) is 26.0 Å². The number of benzene rings is 1. The number of aromatic nitrogens is 2. The van der Waals surface area contributed by atoms with Gasteiger partial charge in [0.1, 0.15) is 5.82 Å². The number of rotatable bonds is 3. The number of hydrogen-bond donors (Lipinski definition) is 0. The third-order valence-electron chi connectivity index (χ3n) is 3.30. The zero-order valence-corrected chi connectivity index (χ0v) is 10.9. The van der Waals surface area contributed by atoms with Crippen molar-refractivity contribution in [1.82, 2.24) is 9.97 Å². The molecule has 0 N–H and O–H groups in total. The molecule has 0 saturated carbocycles. The highest BCUT2D eigenvalue weighted by molar-refractivity contribution is 5.98. The highest BCUT2D eigenvalue weighted by atomic mass is 16.1. The van der Waals surface area contributed by atoms with Crippen LogP contribution in [0.25, 0.3) is 0 Å². The van der Waals surface area contributed by atoms with E-state index in [0.717, 1.165) is 11.1 Å². The van der Waals surface area contributed by atoms with Gasteiger partial charge in [0.25, 0.3) is 0 Å². The Bertz CT molecular complexity index is 577. The molecule has 0 spiro atoms. The standard InChI is InChI=1S/C15H16N2O/c1-10-5-6-13(12(3)11(10)2)14(18)9-15-16-7-4-8-17-15/h4-8H,9H2,1-3H3. The molecule has 3 heteroatoms. The van der Waals surface area contributed by atoms with Crippen molar-refractivity contribution in [3.05, 3.63) is 58.7 Å². The van der Waals surface area contributed by atoms with Crippen molar-refractivity contribution < 1.29 is 4.79 Å². The van der Waals surface area contributed by atoms with Gasteiger partial charge in [0.2, 0.25) is 0 Å². The Labute approximate surface area is 107 Å². The molecule has 0 unspecified atom stereocenters. The van der Waals surface area contributed by atoms with Crippen LogP contribution in [0.5, 0.6) is 0 Å². The topological polar surface area (TPSA) is 42.9 Å². The number of carbonyl (C=O) groups is 1. The lowest BCUT2D eigenvalue weighted by molar-refractivity contribution is 0.0990. The summed E-state index contributed by atoms with van der Waals surface area (Å²) in [5.41, 5.74) is 4.20. The van der Waals surface area contributed by atoms with Crippen molar-refractivity contribution in [1.29, 1.82) is 0 Å². The lowest BCUT2D eigenvalue weighted by atomic mass is 9.95. The first-order valence-electron chi connectivity index (χ1n) is 5.95. The maximum absolute atomic E-state index is 12.2. The number of carbonyl (C=O) groups excluding carboxylic acids is 1. The molecule has 0 aliphatic carbocycles. The molecular formula is C15H16N2O. The molecule has 0 amide bonds. The van der Waals surface area contributed by atoms with Gasteiger partial charge in [-0.25, -0.2) is 9.97 Å². The average molecular weight is 240 g/mol. The van der Waals surface area contributed by atoms with E-state index in [2.05, 4.69) is 16.9 Å². The summed E-state index contributed by atoms with van der Waals surface area (Å²) < 4.78 is 0. The summed E-state index contributed by atoms with van der Waals surface area (Å²) in [6.07, 6.45) is 3.57. The second kappa shape index (κ2) is 5.08. The van der Waals surface area contributed by atoms with Crippen LogP contribution in [0.15, 0.2) is 30.6 Å². The summed E-state index contributed by atoms with van der Waals surface area (Å²) in [5.74, 6) is 0.641. The van der Waals surface area contributed by atoms with Crippen molar-refractivity contribution in [2.75, 3.05) is 0 Å². The zero-order valence-electron chi connectivity index (χ0n) is 10.9. The lowest BCUT2D eigenvalue weighted by Crippen LogP contribution is -2.09. The second-order valence-corrected chi connectivity index (χ2v) is 4.44. The Morgan fingerprint density at radius 1 is 1.06 bits per heavy atom. The van der Waals surface area contributed by atoms with Crippen LogP contribution in [0.4, 0.5) is 0 Å². The van der Waals surface area contributed by atoms with Crippen LogP contribution in [0.1, 0.15) is 32.9 Å². The van der Waals surface area contributed by atoms with Crippen molar-refractivity contribution in [2.24, 2.45) is 0 Å². The van der Waals surface area contributed by atoms with Gasteiger partial charge in [-0.05, 0) is 43.5 Å². The van der Waals surface area contributed by atoms with Crippen molar-refractivity contribution in [3.8, 4) is 0 Å². The van der Waals surface area contributed by atoms with Crippen LogP contribution in [0.3, 0.4) is 0 Å². The largest absolute Gasteiger partial charge is 0.294 e. The summed E-state index contributed by atoms with van der Waals surface area (Å²) in [7, 11) is 0. The molecule has 1 aromatic carbocycles. The highest BCUT2D eigenvalue weighted by Gasteiger charge is 2.13. The Balaban J connectivity index is 2.28. The molecule has 2 rings (SSSR count). The van der Waals surface area contributed by atoms with Gasteiger partial charge in [-0.1, -0.05) is 12.1 Å². The minimum Gasteiger partial charge on any atom is -0.294 e. The van der Waals surface area contributed by atoms with Gasteiger partial charge in [0.15, 0.2) is 5.78 Å². The quantitative estimate of drug-likeness (QED) is 0.775. The van der Waals surface area contributed by atoms with E-state index in [9.17, 15) is 4.79 Å². The van der Waals surface area contributed by atoms with E-state index in [1.54, 1.807) is 18.5 Å². The molecule has 0 aliphatic rings. The Morgan fingerprint density at radius 2 is 1.72 bits per heavy atom. The third-order valence-corrected chi connectivity index (χ3v) is 3.30. The van der Waals surface area contributed by atoms with Crippen molar-refractivity contribution in [3.63, 3.8) is 0 Å². The molecule has 3 nitrogen and oxygen atoms in total. The molecule has 0 atom stereocenters. The maximum Gasteiger partial charge on any atom is 0.170 e. The predicted molar refractivity (Wildman–Crippen MR) is 70.7 cm³/mol. The fourth-order valence-corrected chi connectivity index (χ4v) is 1.92. The van der Waals surface area contributed by atoms with Crippen LogP contribution in [0.2, 0.25) is 0 Å². The summed E-state index contributed by atoms with van der Waals surface area (Å²) in [6.45, 7) is 6.08. The molecule has 1 heterocycles. The average Bonchev–Trinajstić information content (AvgIpc) is 2.37. The van der Waals surface area contributed by atoms with E-state index in [4.69, 9.17) is 0 Å². The summed E-state index contributed by atoms with van der Waals surface area (Å²) in [6, 6.07) is 5.62. The van der Waals surface area contributed by atoms with E-state index in [0.29, 0.717) is 5.82 Å². The first-order chi connectivity index (χ1) is 8.59. The van der Waals surface area contributed by atoms with Crippen molar-refractivity contribution in [2.45, 2.75) is 27.2 Å². The monoisotopic (exact) mass is 240 g/mol. The Kier molecular flexibility index (Phi) is 3.51. The van der Waals surface area contributed by atoms with Crippen LogP contribution >= 0.6 is 0 Å². The van der Waals surface area contributed by atoms with E-state index >= 15 is 0 Å². The van der Waals surface area contributed by atoms with Gasteiger partial charge in [-0.2, -0.15) is 0 Å². The molecular weight excluding hydrogens is 224 g/mol. The first kappa shape index (κ1) is 12.4. The summed E-state index contributed by atoms with van der Waals surface area (Å²) in [5, 5.41) is 0. The molecule has 0 saturated heterocycles. The van der Waals surface area contributed by atoms with Gasteiger partial charge in [-0.3, -0.25) is 4.79 Å². The van der Waals surface area contributed by atoms with Gasteiger partial charge in [0.05, 0.1) is 6.42 Å². The predicted octanol–water partition coefficient (Wildman–Crippen LogP) is 2.83. The summed E-state index contributed by atoms with van der Waals surface area (Å²) in [4.78, 5) is 20.4. The molecule has 0 radical (unpaired) electrons. The highest BCUT2D eigenvalue weighted by Crippen LogP contribution is 2.18. The SMILES string of the molecule is Cc1ccc(C(=O)Cc2ncccn2)c(C)c1C. The molecule has 92 valence electrons. The maximum atomic E-state index is 12.2. The van der Waals surface area contributed by atoms with Gasteiger partial charge < -0.3 is 0 Å². The molecule has 18 heavy (non-hydrogen) atoms. The normalized spacial score (nSPS) is 10.4. The Morgan fingerprint density at radius 3 is 2.39 bits per heavy atom.